The first-order valence-corrected chi connectivity index (χ1v) is 10.1. The Balaban J connectivity index is 1.66. The number of anilines is 2. The Hall–Kier alpha value is -2.99. The smallest absolute Gasteiger partial charge is 0.278 e. The minimum atomic E-state index is -0.227. The van der Waals surface area contributed by atoms with Gasteiger partial charge in [0.25, 0.3) is 5.91 Å². The molecule has 6 heteroatoms. The third kappa shape index (κ3) is 4.22. The molecule has 1 fully saturated rings. The standard InChI is InChI=1S/C23H27N5O/c1-16(2)17-8-10-18(11-9-17)24-23(29)21-22(28-14-12-27(3)13-15-28)26-20-7-5-4-6-19(20)25-21/h4-11,16H,12-15H2,1-3H3,(H,24,29). The van der Waals surface area contributed by atoms with Crippen molar-refractivity contribution < 1.29 is 4.79 Å². The van der Waals surface area contributed by atoms with E-state index in [4.69, 9.17) is 4.98 Å². The predicted molar refractivity (Wildman–Crippen MR) is 118 cm³/mol. The number of nitrogens with zero attached hydrogens (tertiary/aromatic N) is 4. The highest BCUT2D eigenvalue weighted by molar-refractivity contribution is 6.07. The van der Waals surface area contributed by atoms with Crippen molar-refractivity contribution in [3.63, 3.8) is 0 Å². The summed E-state index contributed by atoms with van der Waals surface area (Å²) in [6.45, 7) is 7.83. The maximum Gasteiger partial charge on any atom is 0.278 e. The lowest BCUT2D eigenvalue weighted by atomic mass is 10.0. The third-order valence-corrected chi connectivity index (χ3v) is 5.41. The summed E-state index contributed by atoms with van der Waals surface area (Å²) >= 11 is 0. The summed E-state index contributed by atoms with van der Waals surface area (Å²) in [6.07, 6.45) is 0. The van der Waals surface area contributed by atoms with Gasteiger partial charge in [0.05, 0.1) is 11.0 Å². The summed E-state index contributed by atoms with van der Waals surface area (Å²) in [7, 11) is 2.11. The van der Waals surface area contributed by atoms with Crippen LogP contribution in [0.15, 0.2) is 48.5 Å². The molecule has 0 radical (unpaired) electrons. The van der Waals surface area contributed by atoms with Crippen molar-refractivity contribution in [2.24, 2.45) is 0 Å². The van der Waals surface area contributed by atoms with Crippen LogP contribution in [-0.4, -0.2) is 54.0 Å². The van der Waals surface area contributed by atoms with E-state index in [1.54, 1.807) is 0 Å². The maximum absolute atomic E-state index is 13.2. The molecule has 150 valence electrons. The van der Waals surface area contributed by atoms with Crippen LogP contribution in [0.5, 0.6) is 0 Å². The molecule has 1 N–H and O–H groups in total. The topological polar surface area (TPSA) is 61.4 Å². The molecule has 1 aliphatic heterocycles. The number of rotatable bonds is 4. The SMILES string of the molecule is CC(C)c1ccc(NC(=O)c2nc3ccccc3nc2N2CCN(C)CC2)cc1. The fourth-order valence-electron chi connectivity index (χ4n) is 3.52. The Labute approximate surface area is 171 Å². The second-order valence-corrected chi connectivity index (χ2v) is 7.91. The van der Waals surface area contributed by atoms with Gasteiger partial charge in [0, 0.05) is 31.9 Å². The fourth-order valence-corrected chi connectivity index (χ4v) is 3.52. The molecule has 0 saturated carbocycles. The average molecular weight is 390 g/mol. The third-order valence-electron chi connectivity index (χ3n) is 5.41. The first kappa shape index (κ1) is 19.3. The van der Waals surface area contributed by atoms with Gasteiger partial charge in [-0.3, -0.25) is 4.79 Å². The van der Waals surface area contributed by atoms with Gasteiger partial charge in [-0.2, -0.15) is 0 Å². The molecular formula is C23H27N5O. The lowest BCUT2D eigenvalue weighted by molar-refractivity contribution is 0.102. The quantitative estimate of drug-likeness (QED) is 0.736. The minimum absolute atomic E-state index is 0.227. The highest BCUT2D eigenvalue weighted by Gasteiger charge is 2.24. The van der Waals surface area contributed by atoms with Crippen molar-refractivity contribution in [2.45, 2.75) is 19.8 Å². The van der Waals surface area contributed by atoms with Gasteiger partial charge < -0.3 is 15.1 Å². The van der Waals surface area contributed by atoms with Crippen molar-refractivity contribution in [3.8, 4) is 0 Å². The molecule has 0 unspecified atom stereocenters. The van der Waals surface area contributed by atoms with E-state index in [1.165, 1.54) is 5.56 Å². The van der Waals surface area contributed by atoms with Crippen LogP contribution in [0.3, 0.4) is 0 Å². The summed E-state index contributed by atoms with van der Waals surface area (Å²) in [5.41, 5.74) is 3.91. The molecule has 0 aliphatic carbocycles. The van der Waals surface area contributed by atoms with Gasteiger partial charge in [-0.05, 0) is 42.8 Å². The summed E-state index contributed by atoms with van der Waals surface area (Å²) in [6, 6.07) is 15.7. The van der Waals surface area contributed by atoms with Crippen LogP contribution in [0.1, 0.15) is 35.8 Å². The lowest BCUT2D eigenvalue weighted by Gasteiger charge is -2.33. The number of piperazine rings is 1. The zero-order chi connectivity index (χ0) is 20.4. The van der Waals surface area contributed by atoms with E-state index in [9.17, 15) is 4.79 Å². The van der Waals surface area contributed by atoms with Crippen LogP contribution in [0.2, 0.25) is 0 Å². The summed E-state index contributed by atoms with van der Waals surface area (Å²) < 4.78 is 0. The molecule has 1 saturated heterocycles. The van der Waals surface area contributed by atoms with Crippen molar-refractivity contribution in [1.29, 1.82) is 0 Å². The van der Waals surface area contributed by atoms with Gasteiger partial charge in [0.2, 0.25) is 0 Å². The Kier molecular flexibility index (Phi) is 5.45. The minimum Gasteiger partial charge on any atom is -0.352 e. The van der Waals surface area contributed by atoms with E-state index >= 15 is 0 Å². The second-order valence-electron chi connectivity index (χ2n) is 7.91. The van der Waals surface area contributed by atoms with Gasteiger partial charge >= 0.3 is 0 Å². The largest absolute Gasteiger partial charge is 0.352 e. The van der Waals surface area contributed by atoms with E-state index < -0.39 is 0 Å². The monoisotopic (exact) mass is 389 g/mol. The number of hydrogen-bond donors (Lipinski definition) is 1. The summed E-state index contributed by atoms with van der Waals surface area (Å²) in [4.78, 5) is 27.1. The molecule has 3 aromatic rings. The normalized spacial score (nSPS) is 15.1. The Bertz CT molecular complexity index is 1010. The summed E-state index contributed by atoms with van der Waals surface area (Å²) in [5, 5.41) is 3.00. The molecule has 1 aliphatic rings. The highest BCUT2D eigenvalue weighted by Crippen LogP contribution is 2.24. The van der Waals surface area contributed by atoms with Crippen molar-refractivity contribution in [3.05, 3.63) is 59.8 Å². The van der Waals surface area contributed by atoms with Gasteiger partial charge in [0.1, 0.15) is 0 Å². The molecule has 1 aromatic heterocycles. The average Bonchev–Trinajstić information content (AvgIpc) is 2.73. The molecule has 2 aromatic carbocycles. The number of carbonyl (C=O) groups is 1. The molecular weight excluding hydrogens is 362 g/mol. The van der Waals surface area contributed by atoms with Crippen LogP contribution >= 0.6 is 0 Å². The second kappa shape index (κ2) is 8.17. The van der Waals surface area contributed by atoms with Gasteiger partial charge in [0.15, 0.2) is 11.5 Å². The van der Waals surface area contributed by atoms with E-state index in [-0.39, 0.29) is 5.91 Å². The van der Waals surface area contributed by atoms with Crippen LogP contribution in [-0.2, 0) is 0 Å². The van der Waals surface area contributed by atoms with E-state index in [1.807, 2.05) is 48.5 Å². The number of aromatic nitrogens is 2. The first-order chi connectivity index (χ1) is 14.0. The molecule has 1 amide bonds. The number of benzene rings is 2. The van der Waals surface area contributed by atoms with Gasteiger partial charge in [-0.15, -0.1) is 0 Å². The van der Waals surface area contributed by atoms with E-state index in [0.29, 0.717) is 17.4 Å². The van der Waals surface area contributed by atoms with Crippen molar-refractivity contribution in [2.75, 3.05) is 43.4 Å². The number of para-hydroxylation sites is 2. The van der Waals surface area contributed by atoms with Crippen LogP contribution in [0, 0.1) is 0 Å². The number of nitrogens with one attached hydrogen (secondary N) is 1. The Morgan fingerprint density at radius 3 is 2.17 bits per heavy atom. The van der Waals surface area contributed by atoms with Crippen molar-refractivity contribution in [1.82, 2.24) is 14.9 Å². The number of hydrogen-bond acceptors (Lipinski definition) is 5. The lowest BCUT2D eigenvalue weighted by Crippen LogP contribution is -2.45. The number of carbonyl (C=O) groups excluding carboxylic acids is 1. The van der Waals surface area contributed by atoms with E-state index in [0.717, 1.165) is 42.9 Å². The Morgan fingerprint density at radius 2 is 1.55 bits per heavy atom. The van der Waals surface area contributed by atoms with Gasteiger partial charge in [-0.1, -0.05) is 38.1 Å². The summed E-state index contributed by atoms with van der Waals surface area (Å²) in [5.74, 6) is 0.887. The number of fused-ring (bicyclic) bond motifs is 1. The molecule has 0 spiro atoms. The molecule has 0 bridgehead atoms. The van der Waals surface area contributed by atoms with Crippen LogP contribution < -0.4 is 10.2 Å². The molecule has 0 atom stereocenters. The molecule has 4 rings (SSSR count). The zero-order valence-electron chi connectivity index (χ0n) is 17.2. The predicted octanol–water partition coefficient (Wildman–Crippen LogP) is 3.76. The number of likely N-dealkylation sites (N-methyl/N-ethyl adjacent to an activating group) is 1. The van der Waals surface area contributed by atoms with Crippen LogP contribution in [0.4, 0.5) is 11.5 Å². The van der Waals surface area contributed by atoms with Gasteiger partial charge in [-0.25, -0.2) is 9.97 Å². The van der Waals surface area contributed by atoms with E-state index in [2.05, 4.69) is 41.0 Å². The zero-order valence-corrected chi connectivity index (χ0v) is 17.2. The molecule has 6 nitrogen and oxygen atoms in total. The fraction of sp³-hybridized carbons (Fsp3) is 0.348. The highest BCUT2D eigenvalue weighted by atomic mass is 16.1. The first-order valence-electron chi connectivity index (χ1n) is 10.1. The number of amides is 1. The van der Waals surface area contributed by atoms with Crippen molar-refractivity contribution >= 4 is 28.4 Å². The molecule has 29 heavy (non-hydrogen) atoms. The van der Waals surface area contributed by atoms with Crippen LogP contribution in [0.25, 0.3) is 11.0 Å². The molecule has 2 heterocycles. The Morgan fingerprint density at radius 1 is 0.931 bits per heavy atom. The maximum atomic E-state index is 13.2.